The van der Waals surface area contributed by atoms with Crippen LogP contribution in [0.15, 0.2) is 22.8 Å². The van der Waals surface area contributed by atoms with Crippen LogP contribution in [-0.4, -0.2) is 12.0 Å². The van der Waals surface area contributed by atoms with Gasteiger partial charge in [-0.15, -0.1) is 0 Å². The third-order valence-electron chi connectivity index (χ3n) is 0.956. The minimum Gasteiger partial charge on any atom is -0.468 e. The molecule has 0 aliphatic rings. The topological polar surface area (TPSA) is 85.7 Å². The van der Waals surface area contributed by atoms with Crippen LogP contribution in [0.3, 0.4) is 0 Å². The van der Waals surface area contributed by atoms with E-state index >= 15 is 0 Å². The van der Waals surface area contributed by atoms with Gasteiger partial charge in [-0.2, -0.15) is 0 Å². The van der Waals surface area contributed by atoms with E-state index in [1.165, 1.54) is 7.11 Å². The van der Waals surface area contributed by atoms with Gasteiger partial charge in [0.25, 0.3) is 0 Å². The summed E-state index contributed by atoms with van der Waals surface area (Å²) in [6.07, 6.45) is 1.61. The maximum atomic E-state index is 9.33. The van der Waals surface area contributed by atoms with Crippen molar-refractivity contribution in [3.05, 3.63) is 24.2 Å². The Morgan fingerprint density at radius 2 is 2.42 bits per heavy atom. The van der Waals surface area contributed by atoms with Gasteiger partial charge < -0.3 is 19.6 Å². The fourth-order valence-electron chi connectivity index (χ4n) is 0.429. The zero-order valence-electron chi connectivity index (χ0n) is 6.69. The van der Waals surface area contributed by atoms with Crippen molar-refractivity contribution in [2.45, 2.75) is 6.54 Å². The summed E-state index contributed by atoms with van der Waals surface area (Å²) in [4.78, 5) is 7.69. The van der Waals surface area contributed by atoms with Crippen LogP contribution in [0.4, 0.5) is 0 Å². The van der Waals surface area contributed by atoms with Crippen molar-refractivity contribution >= 4 is 8.25 Å². The molecule has 1 aromatic heterocycles. The highest BCUT2D eigenvalue weighted by Gasteiger charge is 1.84. The molecule has 0 aliphatic heterocycles. The molecular weight excluding hydrogens is 181 g/mol. The maximum absolute atomic E-state index is 9.33. The SMILES string of the molecule is CO[PH](=O)O.NCc1ccco1. The van der Waals surface area contributed by atoms with Crippen molar-refractivity contribution in [1.29, 1.82) is 0 Å². The molecule has 1 aromatic rings. The van der Waals surface area contributed by atoms with Crippen LogP contribution in [0.1, 0.15) is 5.76 Å². The van der Waals surface area contributed by atoms with E-state index < -0.39 is 8.25 Å². The molecule has 12 heavy (non-hydrogen) atoms. The van der Waals surface area contributed by atoms with Gasteiger partial charge in [-0.3, -0.25) is 4.57 Å². The molecule has 1 atom stereocenters. The van der Waals surface area contributed by atoms with E-state index in [2.05, 4.69) is 4.52 Å². The third-order valence-corrected chi connectivity index (χ3v) is 1.31. The lowest BCUT2D eigenvalue weighted by molar-refractivity contribution is 0.343. The molecule has 1 heterocycles. The number of hydrogen-bond acceptors (Lipinski definition) is 4. The van der Waals surface area contributed by atoms with Crippen LogP contribution in [0.25, 0.3) is 0 Å². The number of hydrogen-bond donors (Lipinski definition) is 2. The van der Waals surface area contributed by atoms with Gasteiger partial charge in [0.05, 0.1) is 12.8 Å². The van der Waals surface area contributed by atoms with Crippen LogP contribution in [-0.2, 0) is 15.6 Å². The van der Waals surface area contributed by atoms with Crippen LogP contribution in [0, 0.1) is 0 Å². The number of rotatable bonds is 2. The first-order chi connectivity index (χ1) is 5.70. The van der Waals surface area contributed by atoms with Crippen molar-refractivity contribution in [3.63, 3.8) is 0 Å². The maximum Gasteiger partial charge on any atom is 0.316 e. The van der Waals surface area contributed by atoms with E-state index in [4.69, 9.17) is 15.0 Å². The Morgan fingerprint density at radius 1 is 1.83 bits per heavy atom. The van der Waals surface area contributed by atoms with Crippen LogP contribution in [0.2, 0.25) is 0 Å². The van der Waals surface area contributed by atoms with Gasteiger partial charge in [0.1, 0.15) is 5.76 Å². The average molecular weight is 193 g/mol. The molecule has 0 saturated carbocycles. The van der Waals surface area contributed by atoms with E-state index in [1.54, 1.807) is 6.26 Å². The molecule has 0 spiro atoms. The molecule has 70 valence electrons. The lowest BCUT2D eigenvalue weighted by Crippen LogP contribution is -1.92. The van der Waals surface area contributed by atoms with Crippen molar-refractivity contribution in [1.82, 2.24) is 0 Å². The molecule has 1 rings (SSSR count). The average Bonchev–Trinajstić information content (AvgIpc) is 2.57. The van der Waals surface area contributed by atoms with Crippen LogP contribution in [0.5, 0.6) is 0 Å². The minimum absolute atomic E-state index is 0.493. The summed E-state index contributed by atoms with van der Waals surface area (Å²) in [5.74, 6) is 0.833. The van der Waals surface area contributed by atoms with Gasteiger partial charge in [-0.05, 0) is 12.1 Å². The summed E-state index contributed by atoms with van der Waals surface area (Å²) in [6.45, 7) is 0.493. The molecule has 0 amide bonds. The normalized spacial score (nSPS) is 11.6. The van der Waals surface area contributed by atoms with Crippen molar-refractivity contribution < 1.29 is 18.4 Å². The van der Waals surface area contributed by atoms with Gasteiger partial charge in [0, 0.05) is 7.11 Å². The summed E-state index contributed by atoms with van der Waals surface area (Å²) in [5, 5.41) is 0. The lowest BCUT2D eigenvalue weighted by Gasteiger charge is -1.80. The highest BCUT2D eigenvalue weighted by Crippen LogP contribution is 2.09. The standard InChI is InChI=1S/C5H7NO.CH5O3P/c6-4-5-2-1-3-7-5;1-4-5(2)3/h1-3H,4,6H2;5H,1H3,(H,2,3). The Balaban J connectivity index is 0.000000217. The largest absolute Gasteiger partial charge is 0.468 e. The van der Waals surface area contributed by atoms with Gasteiger partial charge in [-0.25, -0.2) is 0 Å². The molecule has 0 aromatic carbocycles. The first-order valence-corrected chi connectivity index (χ1v) is 4.46. The highest BCUT2D eigenvalue weighted by molar-refractivity contribution is 7.32. The van der Waals surface area contributed by atoms with Gasteiger partial charge in [0.2, 0.25) is 0 Å². The Labute approximate surface area is 71.1 Å². The Kier molecular flexibility index (Phi) is 6.70. The second-order valence-corrected chi connectivity index (χ2v) is 2.69. The van der Waals surface area contributed by atoms with E-state index in [1.807, 2.05) is 12.1 Å². The lowest BCUT2D eigenvalue weighted by atomic mass is 10.5. The Hall–Kier alpha value is -0.610. The summed E-state index contributed by atoms with van der Waals surface area (Å²) in [7, 11) is -1.44. The Bertz CT molecular complexity index is 211. The second-order valence-electron chi connectivity index (χ2n) is 1.75. The molecule has 5 nitrogen and oxygen atoms in total. The molecule has 0 radical (unpaired) electrons. The van der Waals surface area contributed by atoms with E-state index in [9.17, 15) is 4.57 Å². The molecule has 1 unspecified atom stereocenters. The van der Waals surface area contributed by atoms with Gasteiger partial charge >= 0.3 is 8.25 Å². The second kappa shape index (κ2) is 7.06. The quantitative estimate of drug-likeness (QED) is 0.677. The highest BCUT2D eigenvalue weighted by atomic mass is 31.1. The summed E-state index contributed by atoms with van der Waals surface area (Å²) in [5.41, 5.74) is 5.20. The third kappa shape index (κ3) is 6.12. The fourth-order valence-corrected chi connectivity index (χ4v) is 0.429. The minimum atomic E-state index is -2.62. The first kappa shape index (κ1) is 11.4. The molecular formula is C6H12NO4P. The zero-order valence-corrected chi connectivity index (χ0v) is 7.69. The molecule has 3 N–H and O–H groups in total. The van der Waals surface area contributed by atoms with Gasteiger partial charge in [-0.1, -0.05) is 0 Å². The number of nitrogens with two attached hydrogens (primary N) is 1. The van der Waals surface area contributed by atoms with E-state index in [0.717, 1.165) is 5.76 Å². The zero-order chi connectivity index (χ0) is 9.40. The van der Waals surface area contributed by atoms with Crippen LogP contribution < -0.4 is 5.73 Å². The van der Waals surface area contributed by atoms with Crippen molar-refractivity contribution in [3.8, 4) is 0 Å². The van der Waals surface area contributed by atoms with Crippen LogP contribution >= 0.6 is 8.25 Å². The summed E-state index contributed by atoms with van der Waals surface area (Å²) < 4.78 is 18.0. The van der Waals surface area contributed by atoms with E-state index in [-0.39, 0.29) is 0 Å². The first-order valence-electron chi connectivity index (χ1n) is 3.20. The van der Waals surface area contributed by atoms with Gasteiger partial charge in [0.15, 0.2) is 0 Å². The molecule has 0 aliphatic carbocycles. The fraction of sp³-hybridized carbons (Fsp3) is 0.333. The Morgan fingerprint density at radius 3 is 2.58 bits per heavy atom. The predicted molar refractivity (Wildman–Crippen MR) is 44.8 cm³/mol. The molecule has 6 heteroatoms. The van der Waals surface area contributed by atoms with Crippen molar-refractivity contribution in [2.24, 2.45) is 5.73 Å². The number of furan rings is 1. The summed E-state index contributed by atoms with van der Waals surface area (Å²) >= 11 is 0. The van der Waals surface area contributed by atoms with Crippen molar-refractivity contribution in [2.75, 3.05) is 7.11 Å². The molecule has 0 fully saturated rings. The smallest absolute Gasteiger partial charge is 0.316 e. The molecule has 0 bridgehead atoms. The molecule has 0 saturated heterocycles. The predicted octanol–water partition coefficient (Wildman–Crippen LogP) is 0.753. The van der Waals surface area contributed by atoms with E-state index in [0.29, 0.717) is 6.54 Å². The monoisotopic (exact) mass is 193 g/mol. The summed E-state index contributed by atoms with van der Waals surface area (Å²) in [6, 6.07) is 3.67.